The van der Waals surface area contributed by atoms with Crippen molar-refractivity contribution in [2.24, 2.45) is 7.05 Å². The molecule has 0 aliphatic rings. The summed E-state index contributed by atoms with van der Waals surface area (Å²) < 4.78 is 28.2. The maximum atomic E-state index is 12.1. The van der Waals surface area contributed by atoms with Crippen molar-refractivity contribution in [1.29, 1.82) is 0 Å². The number of H-pyrrole nitrogens is 1. The monoisotopic (exact) mass is 292 g/mol. The molecule has 0 bridgehead atoms. The molecule has 3 aromatic heterocycles. The average Bonchev–Trinajstić information content (AvgIpc) is 2.99. The van der Waals surface area contributed by atoms with Gasteiger partial charge in [0.15, 0.2) is 10.7 Å². The Kier molecular flexibility index (Phi) is 2.71. The Labute approximate surface area is 114 Å². The molecule has 3 rings (SSSR count). The number of rotatable bonds is 3. The number of fused-ring (bicyclic) bond motifs is 1. The quantitative estimate of drug-likeness (QED) is 0.742. The molecule has 0 amide bonds. The maximum absolute atomic E-state index is 12.1. The lowest BCUT2D eigenvalue weighted by atomic mass is 10.3. The molecule has 0 spiro atoms. The Bertz CT molecular complexity index is 866. The fourth-order valence-corrected chi connectivity index (χ4v) is 2.90. The van der Waals surface area contributed by atoms with Crippen LogP contribution in [0.15, 0.2) is 29.8 Å². The van der Waals surface area contributed by atoms with Crippen LogP contribution in [0.25, 0.3) is 11.0 Å². The fourth-order valence-electron chi connectivity index (χ4n) is 1.96. The largest absolute Gasteiger partial charge is 0.334 e. The highest BCUT2D eigenvalue weighted by molar-refractivity contribution is 7.92. The molecule has 20 heavy (non-hydrogen) atoms. The molecule has 0 aromatic carbocycles. The lowest BCUT2D eigenvalue weighted by Crippen LogP contribution is -2.13. The van der Waals surface area contributed by atoms with E-state index in [0.29, 0.717) is 11.3 Å². The number of sulfonamides is 1. The highest BCUT2D eigenvalue weighted by Gasteiger charge is 2.16. The Hall–Kier alpha value is -2.42. The Morgan fingerprint density at radius 1 is 1.35 bits per heavy atom. The third-order valence-corrected chi connectivity index (χ3v) is 4.18. The van der Waals surface area contributed by atoms with Gasteiger partial charge >= 0.3 is 0 Å². The number of aromatic amines is 1. The summed E-state index contributed by atoms with van der Waals surface area (Å²) in [6.07, 6.45) is 4.00. The van der Waals surface area contributed by atoms with Crippen molar-refractivity contribution in [2.45, 2.75) is 11.9 Å². The minimum absolute atomic E-state index is 0.000468. The minimum Gasteiger partial charge on any atom is -0.334 e. The topological polar surface area (TPSA) is 106 Å². The van der Waals surface area contributed by atoms with E-state index in [1.54, 1.807) is 17.8 Å². The standard InChI is InChI=1S/C11H12N6O2S/c1-7-9-3-8(4-13-11(9)17(2)15-7)16-20(18,19)10-5-12-6-14-10/h3-6,16H,1-2H3,(H,12,14). The molecule has 0 atom stereocenters. The molecule has 2 N–H and O–H groups in total. The van der Waals surface area contributed by atoms with Crippen LogP contribution in [0.3, 0.4) is 0 Å². The van der Waals surface area contributed by atoms with Crippen LogP contribution in [0.4, 0.5) is 5.69 Å². The van der Waals surface area contributed by atoms with Gasteiger partial charge < -0.3 is 4.98 Å². The van der Waals surface area contributed by atoms with E-state index in [0.717, 1.165) is 11.1 Å². The number of aromatic nitrogens is 5. The number of aryl methyl sites for hydroxylation is 2. The van der Waals surface area contributed by atoms with Crippen molar-refractivity contribution >= 4 is 26.7 Å². The Morgan fingerprint density at radius 2 is 2.15 bits per heavy atom. The zero-order valence-electron chi connectivity index (χ0n) is 10.8. The second-order valence-corrected chi connectivity index (χ2v) is 5.98. The van der Waals surface area contributed by atoms with Crippen LogP contribution in [-0.4, -0.2) is 33.2 Å². The summed E-state index contributed by atoms with van der Waals surface area (Å²) in [4.78, 5) is 10.5. The SMILES string of the molecule is Cc1nn(C)c2ncc(NS(=O)(=O)c3cnc[nH]3)cc12. The van der Waals surface area contributed by atoms with Crippen LogP contribution in [0.5, 0.6) is 0 Å². The third-order valence-electron chi connectivity index (χ3n) is 2.88. The highest BCUT2D eigenvalue weighted by atomic mass is 32.2. The van der Waals surface area contributed by atoms with Crippen LogP contribution < -0.4 is 4.72 Å². The van der Waals surface area contributed by atoms with Crippen molar-refractivity contribution in [1.82, 2.24) is 24.7 Å². The molecule has 104 valence electrons. The van der Waals surface area contributed by atoms with E-state index in [1.165, 1.54) is 18.7 Å². The normalized spacial score (nSPS) is 11.9. The van der Waals surface area contributed by atoms with Crippen LogP contribution in [0.2, 0.25) is 0 Å². The lowest BCUT2D eigenvalue weighted by Gasteiger charge is -2.05. The molecule has 0 aliphatic carbocycles. The van der Waals surface area contributed by atoms with E-state index in [1.807, 2.05) is 6.92 Å². The number of hydrogen-bond acceptors (Lipinski definition) is 5. The predicted molar refractivity (Wildman–Crippen MR) is 72.6 cm³/mol. The zero-order valence-corrected chi connectivity index (χ0v) is 11.6. The third kappa shape index (κ3) is 2.01. The average molecular weight is 292 g/mol. The molecule has 8 nitrogen and oxygen atoms in total. The second kappa shape index (κ2) is 4.30. The molecule has 9 heteroatoms. The second-order valence-electron chi connectivity index (χ2n) is 4.33. The summed E-state index contributed by atoms with van der Waals surface area (Å²) in [5.74, 6) is 0. The summed E-state index contributed by atoms with van der Waals surface area (Å²) in [7, 11) is -1.89. The summed E-state index contributed by atoms with van der Waals surface area (Å²) in [5.41, 5.74) is 1.87. The minimum atomic E-state index is -3.68. The van der Waals surface area contributed by atoms with Gasteiger partial charge in [0.1, 0.15) is 0 Å². The molecular weight excluding hydrogens is 280 g/mol. The van der Waals surface area contributed by atoms with Gasteiger partial charge in [0.25, 0.3) is 10.0 Å². The van der Waals surface area contributed by atoms with Crippen molar-refractivity contribution in [2.75, 3.05) is 4.72 Å². The molecule has 0 fully saturated rings. The van der Waals surface area contributed by atoms with Gasteiger partial charge in [-0.05, 0) is 13.0 Å². The van der Waals surface area contributed by atoms with Gasteiger partial charge in [-0.2, -0.15) is 13.5 Å². The van der Waals surface area contributed by atoms with Crippen LogP contribution in [0, 0.1) is 6.92 Å². The first kappa shape index (κ1) is 12.6. The fraction of sp³-hybridized carbons (Fsp3) is 0.182. The first-order valence-corrected chi connectivity index (χ1v) is 7.26. The van der Waals surface area contributed by atoms with Crippen LogP contribution in [0.1, 0.15) is 5.69 Å². The van der Waals surface area contributed by atoms with Gasteiger partial charge in [-0.15, -0.1) is 0 Å². The number of nitrogens with zero attached hydrogens (tertiary/aromatic N) is 4. The summed E-state index contributed by atoms with van der Waals surface area (Å²) in [6.45, 7) is 1.84. The van der Waals surface area contributed by atoms with E-state index < -0.39 is 10.0 Å². The predicted octanol–water partition coefficient (Wildman–Crippen LogP) is 0.801. The van der Waals surface area contributed by atoms with E-state index in [2.05, 4.69) is 24.8 Å². The molecule has 0 aliphatic heterocycles. The molecule has 0 saturated heterocycles. The van der Waals surface area contributed by atoms with Crippen molar-refractivity contribution < 1.29 is 8.42 Å². The summed E-state index contributed by atoms with van der Waals surface area (Å²) in [5, 5.41) is 5.04. The number of pyridine rings is 1. The molecule has 0 unspecified atom stereocenters. The molecule has 0 radical (unpaired) electrons. The van der Waals surface area contributed by atoms with E-state index >= 15 is 0 Å². The molecular formula is C11H12N6O2S. The number of hydrogen-bond donors (Lipinski definition) is 2. The van der Waals surface area contributed by atoms with Gasteiger partial charge in [0, 0.05) is 12.4 Å². The molecule has 3 aromatic rings. The van der Waals surface area contributed by atoms with Crippen molar-refractivity contribution in [3.8, 4) is 0 Å². The van der Waals surface area contributed by atoms with Gasteiger partial charge in [0.2, 0.25) is 0 Å². The van der Waals surface area contributed by atoms with Gasteiger partial charge in [0.05, 0.1) is 30.1 Å². The summed E-state index contributed by atoms with van der Waals surface area (Å²) >= 11 is 0. The first-order chi connectivity index (χ1) is 9.47. The smallest absolute Gasteiger partial charge is 0.279 e. The Morgan fingerprint density at radius 3 is 2.85 bits per heavy atom. The van der Waals surface area contributed by atoms with Gasteiger partial charge in [-0.25, -0.2) is 9.97 Å². The van der Waals surface area contributed by atoms with E-state index in [-0.39, 0.29) is 5.03 Å². The van der Waals surface area contributed by atoms with Crippen molar-refractivity contribution in [3.63, 3.8) is 0 Å². The zero-order chi connectivity index (χ0) is 14.3. The number of imidazole rings is 1. The summed E-state index contributed by atoms with van der Waals surface area (Å²) in [6, 6.07) is 1.71. The van der Waals surface area contributed by atoms with Crippen molar-refractivity contribution in [3.05, 3.63) is 30.5 Å². The highest BCUT2D eigenvalue weighted by Crippen LogP contribution is 2.21. The van der Waals surface area contributed by atoms with Gasteiger partial charge in [-0.1, -0.05) is 0 Å². The molecule has 3 heterocycles. The number of anilines is 1. The van der Waals surface area contributed by atoms with Crippen LogP contribution in [-0.2, 0) is 17.1 Å². The van der Waals surface area contributed by atoms with E-state index in [4.69, 9.17) is 0 Å². The van der Waals surface area contributed by atoms with Gasteiger partial charge in [-0.3, -0.25) is 9.40 Å². The lowest BCUT2D eigenvalue weighted by molar-refractivity contribution is 0.598. The first-order valence-electron chi connectivity index (χ1n) is 5.78. The van der Waals surface area contributed by atoms with Crippen LogP contribution >= 0.6 is 0 Å². The maximum Gasteiger partial charge on any atom is 0.279 e. The number of nitrogens with one attached hydrogen (secondary N) is 2. The Balaban J connectivity index is 2.02. The molecule has 0 saturated carbocycles. The van der Waals surface area contributed by atoms with E-state index in [9.17, 15) is 8.42 Å².